The molecule has 0 bridgehead atoms. The lowest BCUT2D eigenvalue weighted by Gasteiger charge is -2.36. The van der Waals surface area contributed by atoms with Crippen molar-refractivity contribution in [2.24, 2.45) is 5.92 Å². The van der Waals surface area contributed by atoms with Crippen LogP contribution < -0.4 is 10.1 Å². The predicted molar refractivity (Wildman–Crippen MR) is 104 cm³/mol. The van der Waals surface area contributed by atoms with Gasteiger partial charge in [0.05, 0.1) is 0 Å². The molecule has 1 aromatic rings. The largest absolute Gasteiger partial charge is 0.461 e. The summed E-state index contributed by atoms with van der Waals surface area (Å²) in [5, 5.41) is 3.26. The molecular formula is C18H28Cl2F4N2O. The fraction of sp³-hybridized carbons (Fsp3) is 0.667. The molecule has 1 heterocycles. The minimum atomic E-state index is -4.50. The minimum Gasteiger partial charge on any atom is -0.428 e. The van der Waals surface area contributed by atoms with Crippen LogP contribution in [0.5, 0.6) is 5.75 Å². The zero-order chi connectivity index (χ0) is 18.4. The van der Waals surface area contributed by atoms with Gasteiger partial charge in [-0.25, -0.2) is 0 Å². The molecule has 0 aliphatic carbocycles. The zero-order valence-corrected chi connectivity index (χ0v) is 17.1. The van der Waals surface area contributed by atoms with Gasteiger partial charge < -0.3 is 10.1 Å². The zero-order valence-electron chi connectivity index (χ0n) is 15.5. The molecule has 2 rings (SSSR count). The average molecular weight is 435 g/mol. The second-order valence-electron chi connectivity index (χ2n) is 6.78. The highest BCUT2D eigenvalue weighted by atomic mass is 35.5. The quantitative estimate of drug-likeness (QED) is 0.572. The minimum absolute atomic E-state index is 0. The first-order valence-electron chi connectivity index (χ1n) is 8.70. The average Bonchev–Trinajstić information content (AvgIpc) is 2.57. The Morgan fingerprint density at radius 2 is 1.67 bits per heavy atom. The highest BCUT2D eigenvalue weighted by molar-refractivity contribution is 5.85. The molecule has 1 aromatic carbocycles. The van der Waals surface area contributed by atoms with Crippen LogP contribution in [0.25, 0.3) is 0 Å². The van der Waals surface area contributed by atoms with Gasteiger partial charge in [0, 0.05) is 37.8 Å². The number of piperazine rings is 1. The summed E-state index contributed by atoms with van der Waals surface area (Å²) in [6.07, 6.45) is -6.69. The van der Waals surface area contributed by atoms with Crippen molar-refractivity contribution in [1.29, 1.82) is 0 Å². The number of rotatable bonds is 8. The predicted octanol–water partition coefficient (Wildman–Crippen LogP) is 5.15. The third kappa shape index (κ3) is 7.64. The van der Waals surface area contributed by atoms with E-state index in [9.17, 15) is 17.6 Å². The second kappa shape index (κ2) is 11.9. The molecule has 9 heteroatoms. The van der Waals surface area contributed by atoms with E-state index < -0.39 is 12.5 Å². The standard InChI is InChI=1S/C18H26F4N2O.2ClH/c1-13(2)7-8-15(24-11-9-23-10-12-24)14-5-3-4-6-16(14)25-18(21,22)17(19)20;;/h3-6,13,15,17,23H,7-12H2,1-2H3;2*1H/t15-;;/m1../s1. The van der Waals surface area contributed by atoms with Crippen LogP contribution in [-0.4, -0.2) is 43.6 Å². The summed E-state index contributed by atoms with van der Waals surface area (Å²) in [5.74, 6) is 0.293. The highest BCUT2D eigenvalue weighted by Gasteiger charge is 2.44. The van der Waals surface area contributed by atoms with Gasteiger partial charge in [-0.05, 0) is 24.8 Å². The van der Waals surface area contributed by atoms with E-state index >= 15 is 0 Å². The van der Waals surface area contributed by atoms with Gasteiger partial charge in [-0.3, -0.25) is 4.90 Å². The lowest BCUT2D eigenvalue weighted by Crippen LogP contribution is -2.45. The van der Waals surface area contributed by atoms with Crippen molar-refractivity contribution in [1.82, 2.24) is 10.2 Å². The van der Waals surface area contributed by atoms with E-state index in [-0.39, 0.29) is 36.6 Å². The summed E-state index contributed by atoms with van der Waals surface area (Å²) in [7, 11) is 0. The number of alkyl halides is 4. The van der Waals surface area contributed by atoms with Crippen LogP contribution in [0, 0.1) is 5.92 Å². The first-order chi connectivity index (χ1) is 11.8. The van der Waals surface area contributed by atoms with Crippen molar-refractivity contribution in [3.63, 3.8) is 0 Å². The van der Waals surface area contributed by atoms with Gasteiger partial charge in [0.1, 0.15) is 5.75 Å². The van der Waals surface area contributed by atoms with Gasteiger partial charge >= 0.3 is 12.5 Å². The molecule has 1 saturated heterocycles. The Morgan fingerprint density at radius 3 is 2.22 bits per heavy atom. The maximum absolute atomic E-state index is 13.4. The molecule has 1 aliphatic heterocycles. The van der Waals surface area contributed by atoms with Crippen LogP contribution in [0.1, 0.15) is 38.3 Å². The monoisotopic (exact) mass is 434 g/mol. The Hall–Kier alpha value is -0.760. The molecule has 0 amide bonds. The third-order valence-corrected chi connectivity index (χ3v) is 4.39. The van der Waals surface area contributed by atoms with E-state index in [1.165, 1.54) is 12.1 Å². The second-order valence-corrected chi connectivity index (χ2v) is 6.78. The highest BCUT2D eigenvalue weighted by Crippen LogP contribution is 2.37. The maximum atomic E-state index is 13.4. The normalized spacial score (nSPS) is 16.6. The Bertz CT molecular complexity index is 544. The number of nitrogens with one attached hydrogen (secondary N) is 1. The van der Waals surface area contributed by atoms with Crippen molar-refractivity contribution < 1.29 is 22.3 Å². The molecular weight excluding hydrogens is 407 g/mol. The summed E-state index contributed by atoms with van der Waals surface area (Å²) < 4.78 is 56.4. The number of halogens is 6. The molecule has 0 unspecified atom stereocenters. The smallest absolute Gasteiger partial charge is 0.428 e. The molecule has 158 valence electrons. The van der Waals surface area contributed by atoms with Gasteiger partial charge in [0.2, 0.25) is 0 Å². The summed E-state index contributed by atoms with van der Waals surface area (Å²) in [6.45, 7) is 7.39. The van der Waals surface area contributed by atoms with Crippen molar-refractivity contribution in [2.75, 3.05) is 26.2 Å². The Kier molecular flexibility index (Phi) is 11.6. The number of para-hydroxylation sites is 1. The molecule has 0 aromatic heterocycles. The first-order valence-corrected chi connectivity index (χ1v) is 8.70. The lowest BCUT2D eigenvalue weighted by atomic mass is 9.95. The summed E-state index contributed by atoms with van der Waals surface area (Å²) in [4.78, 5) is 2.21. The fourth-order valence-corrected chi connectivity index (χ4v) is 3.06. The van der Waals surface area contributed by atoms with Crippen LogP contribution in [0.3, 0.4) is 0 Å². The number of nitrogens with zero attached hydrogens (tertiary/aromatic N) is 1. The van der Waals surface area contributed by atoms with Crippen molar-refractivity contribution >= 4 is 24.8 Å². The van der Waals surface area contributed by atoms with E-state index in [0.29, 0.717) is 11.5 Å². The van der Waals surface area contributed by atoms with E-state index in [4.69, 9.17) is 0 Å². The molecule has 0 spiro atoms. The lowest BCUT2D eigenvalue weighted by molar-refractivity contribution is -0.253. The van der Waals surface area contributed by atoms with Gasteiger partial charge in [-0.15, -0.1) is 24.8 Å². The summed E-state index contributed by atoms with van der Waals surface area (Å²) >= 11 is 0. The van der Waals surface area contributed by atoms with Gasteiger partial charge in [-0.2, -0.15) is 17.6 Å². The number of benzene rings is 1. The summed E-state index contributed by atoms with van der Waals surface area (Å²) in [6, 6.07) is 6.17. The van der Waals surface area contributed by atoms with Gasteiger partial charge in [0.25, 0.3) is 0 Å². The van der Waals surface area contributed by atoms with E-state index in [2.05, 4.69) is 28.8 Å². The molecule has 0 radical (unpaired) electrons. The fourth-order valence-electron chi connectivity index (χ4n) is 3.06. The van der Waals surface area contributed by atoms with Crippen LogP contribution >= 0.6 is 24.8 Å². The topological polar surface area (TPSA) is 24.5 Å². The van der Waals surface area contributed by atoms with Crippen LogP contribution in [0.4, 0.5) is 17.6 Å². The van der Waals surface area contributed by atoms with E-state index in [1.807, 2.05) is 0 Å². The Labute approximate surface area is 170 Å². The van der Waals surface area contributed by atoms with E-state index in [0.717, 1.165) is 39.0 Å². The number of hydrogen-bond acceptors (Lipinski definition) is 3. The molecule has 3 nitrogen and oxygen atoms in total. The van der Waals surface area contributed by atoms with Gasteiger partial charge in [-0.1, -0.05) is 32.0 Å². The van der Waals surface area contributed by atoms with E-state index in [1.54, 1.807) is 12.1 Å². The molecule has 1 atom stereocenters. The summed E-state index contributed by atoms with van der Waals surface area (Å²) in [5.41, 5.74) is 0.547. The maximum Gasteiger partial charge on any atom is 0.461 e. The SMILES string of the molecule is CC(C)CC[C@H](c1ccccc1OC(F)(F)C(F)F)N1CCNCC1.Cl.Cl. The number of hydrogen-bond donors (Lipinski definition) is 1. The van der Waals surface area contributed by atoms with Crippen LogP contribution in [0.2, 0.25) is 0 Å². The van der Waals surface area contributed by atoms with Crippen LogP contribution in [-0.2, 0) is 0 Å². The molecule has 1 N–H and O–H groups in total. The molecule has 27 heavy (non-hydrogen) atoms. The van der Waals surface area contributed by atoms with Crippen molar-refractivity contribution in [3.05, 3.63) is 29.8 Å². The Balaban J connectivity index is 0.00000338. The van der Waals surface area contributed by atoms with Crippen LogP contribution in [0.15, 0.2) is 24.3 Å². The first kappa shape index (κ1) is 26.2. The number of ether oxygens (including phenoxy) is 1. The Morgan fingerprint density at radius 1 is 1.07 bits per heavy atom. The molecule has 0 saturated carbocycles. The molecule has 1 fully saturated rings. The third-order valence-electron chi connectivity index (χ3n) is 4.39. The van der Waals surface area contributed by atoms with Gasteiger partial charge in [0.15, 0.2) is 0 Å². The van der Waals surface area contributed by atoms with Crippen molar-refractivity contribution in [2.45, 2.75) is 45.3 Å². The van der Waals surface area contributed by atoms with Crippen molar-refractivity contribution in [3.8, 4) is 5.75 Å². The molecule has 1 aliphatic rings.